The normalized spacial score (nSPS) is 32.4. The number of carboxylic acid groups (broad SMARTS) is 1. The molecule has 4 rings (SSSR count). The zero-order chi connectivity index (χ0) is 70.7. The molecule has 0 aliphatic carbocycles. The van der Waals surface area contributed by atoms with E-state index in [4.69, 9.17) is 37.9 Å². The van der Waals surface area contributed by atoms with Crippen LogP contribution in [0, 0.1) is 5.92 Å². The van der Waals surface area contributed by atoms with Gasteiger partial charge in [0.15, 0.2) is 18.9 Å². The summed E-state index contributed by atoms with van der Waals surface area (Å²) in [6, 6.07) is -2.70. The van der Waals surface area contributed by atoms with Crippen molar-refractivity contribution in [2.24, 2.45) is 5.92 Å². The molecule has 0 bridgehead atoms. The number of aliphatic carboxylic acids is 1. The van der Waals surface area contributed by atoms with Crippen LogP contribution < -0.4 is 10.6 Å². The number of carbonyl (C=O) groups excluding carboxylic acids is 3. The van der Waals surface area contributed by atoms with Crippen molar-refractivity contribution in [2.45, 2.75) is 355 Å². The van der Waals surface area contributed by atoms with E-state index in [1.54, 1.807) is 0 Å². The predicted octanol–water partition coefficient (Wildman–Crippen LogP) is 2.22. The fraction of sp³-hybridized carbons (Fsp3) is 0.912. The topological polar surface area (TPSA) is 449 Å². The number of carbonyl (C=O) groups is 4. The first kappa shape index (κ1) is 85.4. The van der Waals surface area contributed by atoms with Crippen LogP contribution in [-0.4, -0.2) is 262 Å². The number of aliphatic hydroxyl groups excluding tert-OH is 13. The molecule has 0 radical (unpaired) electrons. The zero-order valence-electron chi connectivity index (χ0n) is 57.3. The van der Waals surface area contributed by atoms with Gasteiger partial charge in [0, 0.05) is 32.1 Å². The maximum atomic E-state index is 13.6. The van der Waals surface area contributed by atoms with Crippen LogP contribution in [0.3, 0.4) is 0 Å². The molecule has 2 amide bonds. The van der Waals surface area contributed by atoms with Crippen LogP contribution in [0.5, 0.6) is 0 Å². The molecule has 28 nitrogen and oxygen atoms in total. The first-order valence-electron chi connectivity index (χ1n) is 35.8. The number of allylic oxidation sites excluding steroid dienone is 2. The van der Waals surface area contributed by atoms with E-state index in [1.807, 2.05) is 0 Å². The Balaban J connectivity index is 1.54. The van der Waals surface area contributed by atoms with E-state index in [0.717, 1.165) is 90.9 Å². The highest BCUT2D eigenvalue weighted by Crippen LogP contribution is 2.41. The Kier molecular flexibility index (Phi) is 41.3. The van der Waals surface area contributed by atoms with Gasteiger partial charge in [0.25, 0.3) is 5.79 Å². The summed E-state index contributed by atoms with van der Waals surface area (Å²) in [6.07, 6.45) is -5.03. The van der Waals surface area contributed by atoms with Crippen LogP contribution in [0.1, 0.15) is 220 Å². The maximum Gasteiger partial charge on any atom is 0.364 e. The van der Waals surface area contributed by atoms with Gasteiger partial charge in [0.1, 0.15) is 85.1 Å². The largest absolute Gasteiger partial charge is 0.477 e. The third-order valence-electron chi connectivity index (χ3n) is 18.8. The summed E-state index contributed by atoms with van der Waals surface area (Å²) in [4.78, 5) is 52.0. The van der Waals surface area contributed by atoms with Gasteiger partial charge in [-0.1, -0.05) is 161 Å². The lowest BCUT2D eigenvalue weighted by molar-refractivity contribution is -0.403. The van der Waals surface area contributed by atoms with Crippen molar-refractivity contribution in [3.63, 3.8) is 0 Å². The van der Waals surface area contributed by atoms with Crippen molar-refractivity contribution < 1.29 is 129 Å². The number of rotatable bonds is 50. The maximum absolute atomic E-state index is 13.6. The minimum absolute atomic E-state index is 0.179. The molecule has 0 spiro atoms. The Hall–Kier alpha value is -3.02. The monoisotopic (exact) mass is 1380 g/mol. The molecule has 0 aromatic heterocycles. The Bertz CT molecular complexity index is 2170. The second kappa shape index (κ2) is 46.5. The van der Waals surface area contributed by atoms with E-state index in [0.29, 0.717) is 19.3 Å². The number of Topliss-reactive ketones (excluding diaryl/α,β-unsaturated/α-hetero) is 1. The molecule has 23 unspecified atom stereocenters. The molecule has 4 aliphatic rings. The molecular weight excluding hydrogens is 1260 g/mol. The summed E-state index contributed by atoms with van der Waals surface area (Å²) >= 11 is 0. The molecule has 16 N–H and O–H groups in total. The lowest BCUT2D eigenvalue weighted by Crippen LogP contribution is -2.71. The van der Waals surface area contributed by atoms with Crippen LogP contribution in [0.15, 0.2) is 12.2 Å². The number of hydrogen-bond acceptors (Lipinski definition) is 25. The van der Waals surface area contributed by atoms with Gasteiger partial charge < -0.3 is 125 Å². The number of aliphatic hydroxyl groups is 13. The molecule has 96 heavy (non-hydrogen) atoms. The minimum Gasteiger partial charge on any atom is -0.477 e. The number of unbranched alkanes of at least 4 members (excludes halogenated alkanes) is 23. The summed E-state index contributed by atoms with van der Waals surface area (Å²) in [5, 5.41) is 161. The van der Waals surface area contributed by atoms with Gasteiger partial charge in [-0.25, -0.2) is 4.79 Å². The highest BCUT2D eigenvalue weighted by atomic mass is 16.8. The van der Waals surface area contributed by atoms with Gasteiger partial charge >= 0.3 is 5.97 Å². The SMILES string of the molecule is CCCCCCC=CCCCCCCCCCC(=O)NC(COC1OC(CO)C(OC2OC(CO)C(OC3OC(CO)C(O)C(O)C3CC(C)=O)C(OC3(C(=O)O)CC(O)C(NC(C)=O)C(C(O)C(O)CO)O3)C2O)C(O)C1O)C(O)CCCCCCCCCCCCCCC. The lowest BCUT2D eigenvalue weighted by Gasteiger charge is -2.52. The fourth-order valence-corrected chi connectivity index (χ4v) is 13.1. The van der Waals surface area contributed by atoms with Crippen molar-refractivity contribution in [2.75, 3.05) is 33.0 Å². The van der Waals surface area contributed by atoms with E-state index in [1.165, 1.54) is 77.0 Å². The second-order valence-corrected chi connectivity index (χ2v) is 26.8. The summed E-state index contributed by atoms with van der Waals surface area (Å²) < 4.78 is 48.1. The highest BCUT2D eigenvalue weighted by molar-refractivity contribution is 5.77. The van der Waals surface area contributed by atoms with Crippen LogP contribution in [0.25, 0.3) is 0 Å². The number of ether oxygens (including phenoxy) is 8. The molecule has 23 atom stereocenters. The quantitative estimate of drug-likeness (QED) is 0.0307. The van der Waals surface area contributed by atoms with Crippen molar-refractivity contribution in [1.29, 1.82) is 0 Å². The van der Waals surface area contributed by atoms with E-state index in [-0.39, 0.29) is 12.3 Å². The van der Waals surface area contributed by atoms with Crippen LogP contribution in [0.4, 0.5) is 0 Å². The molecule has 0 aromatic carbocycles. The van der Waals surface area contributed by atoms with Crippen molar-refractivity contribution >= 4 is 23.6 Å². The van der Waals surface area contributed by atoms with Gasteiger partial charge in [0.05, 0.1) is 63.4 Å². The van der Waals surface area contributed by atoms with Crippen molar-refractivity contribution in [1.82, 2.24) is 10.6 Å². The number of nitrogens with one attached hydrogen (secondary N) is 2. The lowest BCUT2D eigenvalue weighted by atomic mass is 9.87. The fourth-order valence-electron chi connectivity index (χ4n) is 13.1. The van der Waals surface area contributed by atoms with Gasteiger partial charge in [-0.15, -0.1) is 0 Å². The van der Waals surface area contributed by atoms with E-state index < -0.39 is 204 Å². The summed E-state index contributed by atoms with van der Waals surface area (Å²) in [7, 11) is 0. The zero-order valence-corrected chi connectivity index (χ0v) is 57.3. The molecule has 28 heteroatoms. The number of amides is 2. The Morgan fingerprint density at radius 3 is 1.59 bits per heavy atom. The van der Waals surface area contributed by atoms with Crippen molar-refractivity contribution in [3.05, 3.63) is 12.2 Å². The summed E-state index contributed by atoms with van der Waals surface area (Å²) in [5.74, 6) is -8.51. The number of ketones is 1. The van der Waals surface area contributed by atoms with Gasteiger partial charge in [0.2, 0.25) is 11.8 Å². The van der Waals surface area contributed by atoms with Gasteiger partial charge in [-0.3, -0.25) is 9.59 Å². The van der Waals surface area contributed by atoms with Crippen LogP contribution in [0.2, 0.25) is 0 Å². The van der Waals surface area contributed by atoms with E-state index in [2.05, 4.69) is 36.6 Å². The Morgan fingerprint density at radius 2 is 1.06 bits per heavy atom. The second-order valence-electron chi connectivity index (χ2n) is 26.8. The Labute approximate surface area is 566 Å². The molecule has 4 fully saturated rings. The molecule has 4 aliphatic heterocycles. The van der Waals surface area contributed by atoms with E-state index in [9.17, 15) is 90.7 Å². The third-order valence-corrected chi connectivity index (χ3v) is 18.8. The molecule has 560 valence electrons. The van der Waals surface area contributed by atoms with Gasteiger partial charge in [-0.2, -0.15) is 0 Å². The average molecular weight is 1380 g/mol. The standard InChI is InChI=1S/C68H122N2O26/c1-5-7-9-11-13-15-17-19-20-22-24-26-28-30-32-34-52(80)70-45(46(77)33-31-29-27-25-23-21-18-16-14-12-10-8-6-2)41-89-65-58(85)57(84)60(50(39-73)91-65)93-66-59(86)63(61(51(40-74)92-66)94-64-44(35-42(3)75)54(81)56(83)49(38-72)90-64)96-68(67(87)88)36-47(78)53(69-43(4)76)62(95-68)55(82)48(79)37-71/h15,17,44-51,53-66,71-74,77-79,81-86H,5-14,16,18-41H2,1-4H3,(H,69,76)(H,70,80)(H,87,88). The first-order valence-corrected chi connectivity index (χ1v) is 35.8. The van der Waals surface area contributed by atoms with Crippen LogP contribution in [-0.2, 0) is 57.1 Å². The first-order chi connectivity index (χ1) is 46.0. The molecule has 4 heterocycles. The third kappa shape index (κ3) is 27.7. The average Bonchev–Trinajstić information content (AvgIpc) is 0.752. The number of carboxylic acids is 1. The molecule has 0 aromatic rings. The highest BCUT2D eigenvalue weighted by Gasteiger charge is 2.61. The van der Waals surface area contributed by atoms with Gasteiger partial charge in [-0.05, 0) is 45.4 Å². The molecule has 0 saturated carbocycles. The summed E-state index contributed by atoms with van der Waals surface area (Å²) in [5.41, 5.74) is 0. The minimum atomic E-state index is -3.26. The molecule has 4 saturated heterocycles. The smallest absolute Gasteiger partial charge is 0.364 e. The summed E-state index contributed by atoms with van der Waals surface area (Å²) in [6.45, 7) is 1.96. The van der Waals surface area contributed by atoms with Crippen molar-refractivity contribution in [3.8, 4) is 0 Å². The Morgan fingerprint density at radius 1 is 0.562 bits per heavy atom. The number of hydrogen-bond donors (Lipinski definition) is 16. The molecular formula is C68H122N2O26. The van der Waals surface area contributed by atoms with E-state index >= 15 is 0 Å². The predicted molar refractivity (Wildman–Crippen MR) is 347 cm³/mol. The van der Waals surface area contributed by atoms with Crippen LogP contribution >= 0.6 is 0 Å².